The Bertz CT molecular complexity index is 897. The minimum absolute atomic E-state index is 0.146. The van der Waals surface area contributed by atoms with Crippen LogP contribution in [0.25, 0.3) is 5.65 Å². The number of pyridine rings is 1. The van der Waals surface area contributed by atoms with Crippen molar-refractivity contribution in [1.82, 2.24) is 14.7 Å². The van der Waals surface area contributed by atoms with Crippen molar-refractivity contribution in [3.63, 3.8) is 0 Å². The average molecular weight is 376 g/mol. The number of amides is 2. The molecule has 27 heavy (non-hydrogen) atoms. The van der Waals surface area contributed by atoms with E-state index in [0.717, 1.165) is 11.3 Å². The molecule has 0 aliphatic rings. The minimum Gasteiger partial charge on any atom is -0.493 e. The molecule has 0 aliphatic carbocycles. The molecule has 3 aromatic rings. The second-order valence-electron chi connectivity index (χ2n) is 5.57. The maximum Gasteiger partial charge on any atom is 0.387 e. The molecule has 3 rings (SSSR count). The molecule has 2 amide bonds. The second kappa shape index (κ2) is 8.35. The van der Waals surface area contributed by atoms with Crippen LogP contribution in [0.15, 0.2) is 48.8 Å². The lowest BCUT2D eigenvalue weighted by Gasteiger charge is -2.12. The lowest BCUT2D eigenvalue weighted by Crippen LogP contribution is -2.30. The molecule has 0 fully saturated rings. The van der Waals surface area contributed by atoms with Crippen LogP contribution >= 0.6 is 0 Å². The third kappa shape index (κ3) is 4.84. The lowest BCUT2D eigenvalue weighted by atomic mass is 10.2. The maximum absolute atomic E-state index is 12.5. The van der Waals surface area contributed by atoms with Crippen LogP contribution in [0.2, 0.25) is 0 Å². The Morgan fingerprint density at radius 3 is 2.85 bits per heavy atom. The highest BCUT2D eigenvalue weighted by molar-refractivity contribution is 5.89. The number of carbonyl (C=O) groups excluding carboxylic acids is 1. The van der Waals surface area contributed by atoms with Gasteiger partial charge in [0.2, 0.25) is 0 Å². The van der Waals surface area contributed by atoms with Crippen LogP contribution in [-0.2, 0) is 6.42 Å². The number of ether oxygens (including phenoxy) is 2. The Hall–Kier alpha value is -3.36. The van der Waals surface area contributed by atoms with E-state index in [-0.39, 0.29) is 11.5 Å². The molecule has 2 heterocycles. The first-order valence-electron chi connectivity index (χ1n) is 8.15. The summed E-state index contributed by atoms with van der Waals surface area (Å²) in [4.78, 5) is 16.4. The lowest BCUT2D eigenvalue weighted by molar-refractivity contribution is -0.0511. The molecule has 9 heteroatoms. The summed E-state index contributed by atoms with van der Waals surface area (Å²) >= 11 is 0. The summed E-state index contributed by atoms with van der Waals surface area (Å²) in [5.41, 5.74) is 1.98. The Kier molecular flexibility index (Phi) is 5.70. The van der Waals surface area contributed by atoms with Gasteiger partial charge in [-0.05, 0) is 24.3 Å². The summed E-state index contributed by atoms with van der Waals surface area (Å²) in [7, 11) is 1.34. The van der Waals surface area contributed by atoms with Crippen molar-refractivity contribution in [2.24, 2.45) is 0 Å². The number of urea groups is 1. The number of aromatic nitrogens is 2. The van der Waals surface area contributed by atoms with Gasteiger partial charge in [0.15, 0.2) is 11.5 Å². The van der Waals surface area contributed by atoms with E-state index in [1.807, 2.05) is 35.0 Å². The summed E-state index contributed by atoms with van der Waals surface area (Å²) in [6.07, 6.45) is 4.35. The first kappa shape index (κ1) is 18.4. The second-order valence-corrected chi connectivity index (χ2v) is 5.57. The number of nitrogens with one attached hydrogen (secondary N) is 2. The van der Waals surface area contributed by atoms with Crippen LogP contribution in [-0.4, -0.2) is 35.7 Å². The number of halogens is 2. The molecule has 2 aromatic heterocycles. The van der Waals surface area contributed by atoms with Crippen molar-refractivity contribution in [3.05, 3.63) is 54.5 Å². The van der Waals surface area contributed by atoms with E-state index in [0.29, 0.717) is 18.7 Å². The third-order valence-electron chi connectivity index (χ3n) is 3.72. The molecule has 142 valence electrons. The van der Waals surface area contributed by atoms with E-state index < -0.39 is 12.6 Å². The fraction of sp³-hybridized carbons (Fsp3) is 0.222. The van der Waals surface area contributed by atoms with Crippen LogP contribution in [0.1, 0.15) is 5.69 Å². The molecule has 0 spiro atoms. The van der Waals surface area contributed by atoms with Crippen molar-refractivity contribution in [2.45, 2.75) is 13.0 Å². The van der Waals surface area contributed by atoms with Crippen LogP contribution in [0.3, 0.4) is 0 Å². The molecule has 0 saturated heterocycles. The van der Waals surface area contributed by atoms with Gasteiger partial charge in [-0.3, -0.25) is 0 Å². The summed E-state index contributed by atoms with van der Waals surface area (Å²) in [6, 6.07) is 9.47. The first-order valence-corrected chi connectivity index (χ1v) is 8.15. The first-order chi connectivity index (χ1) is 13.0. The van der Waals surface area contributed by atoms with Crippen LogP contribution in [0.5, 0.6) is 11.5 Å². The van der Waals surface area contributed by atoms with Gasteiger partial charge in [-0.25, -0.2) is 9.78 Å². The third-order valence-corrected chi connectivity index (χ3v) is 3.72. The molecular weight excluding hydrogens is 358 g/mol. The van der Waals surface area contributed by atoms with E-state index in [4.69, 9.17) is 4.74 Å². The standard InChI is InChI=1S/C18H18F2N4O3/c1-26-14-6-5-12(10-15(14)27-17(19)20)23-18(25)21-8-7-13-11-24-9-3-2-4-16(24)22-13/h2-6,9-11,17H,7-8H2,1H3,(H2,21,23,25). The van der Waals surface area contributed by atoms with Gasteiger partial charge in [0.25, 0.3) is 0 Å². The predicted octanol–water partition coefficient (Wildman–Crippen LogP) is 3.31. The fourth-order valence-corrected chi connectivity index (χ4v) is 2.53. The molecular formula is C18H18F2N4O3. The number of fused-ring (bicyclic) bond motifs is 1. The van der Waals surface area contributed by atoms with Crippen molar-refractivity contribution < 1.29 is 23.0 Å². The Morgan fingerprint density at radius 2 is 2.11 bits per heavy atom. The Balaban J connectivity index is 1.54. The number of alkyl halides is 2. The largest absolute Gasteiger partial charge is 0.493 e. The zero-order chi connectivity index (χ0) is 19.2. The molecule has 2 N–H and O–H groups in total. The molecule has 0 radical (unpaired) electrons. The molecule has 1 aromatic carbocycles. The van der Waals surface area contributed by atoms with Crippen LogP contribution in [0.4, 0.5) is 19.3 Å². The number of hydrogen-bond acceptors (Lipinski definition) is 4. The van der Waals surface area contributed by atoms with Gasteiger partial charge in [-0.1, -0.05) is 6.07 Å². The number of rotatable bonds is 7. The van der Waals surface area contributed by atoms with E-state index in [1.54, 1.807) is 0 Å². The smallest absolute Gasteiger partial charge is 0.387 e. The monoisotopic (exact) mass is 376 g/mol. The van der Waals surface area contributed by atoms with E-state index >= 15 is 0 Å². The van der Waals surface area contributed by atoms with Crippen molar-refractivity contribution in [2.75, 3.05) is 19.0 Å². The molecule has 7 nitrogen and oxygen atoms in total. The van der Waals surface area contributed by atoms with Gasteiger partial charge in [0.05, 0.1) is 12.8 Å². The molecule has 0 atom stereocenters. The summed E-state index contributed by atoms with van der Waals surface area (Å²) in [5.74, 6) is -0.0110. The normalized spacial score (nSPS) is 10.8. The molecule has 0 saturated carbocycles. The number of methoxy groups -OCH3 is 1. The summed E-state index contributed by atoms with van der Waals surface area (Å²) < 4.78 is 36.1. The van der Waals surface area contributed by atoms with E-state index in [1.165, 1.54) is 25.3 Å². The number of hydrogen-bond donors (Lipinski definition) is 2. The summed E-state index contributed by atoms with van der Waals surface area (Å²) in [6.45, 7) is -2.62. The summed E-state index contributed by atoms with van der Waals surface area (Å²) in [5, 5.41) is 5.26. The maximum atomic E-state index is 12.5. The van der Waals surface area contributed by atoms with Gasteiger partial charge < -0.3 is 24.5 Å². The van der Waals surface area contributed by atoms with Crippen molar-refractivity contribution >= 4 is 17.4 Å². The van der Waals surface area contributed by atoms with E-state index in [2.05, 4.69) is 20.4 Å². The van der Waals surface area contributed by atoms with Crippen LogP contribution in [0, 0.1) is 0 Å². The minimum atomic E-state index is -2.99. The Labute approximate surface area is 153 Å². The average Bonchev–Trinajstić information content (AvgIpc) is 3.04. The van der Waals surface area contributed by atoms with Gasteiger partial charge in [-0.15, -0.1) is 0 Å². The SMILES string of the molecule is COc1ccc(NC(=O)NCCc2cn3ccccc3n2)cc1OC(F)F. The zero-order valence-corrected chi connectivity index (χ0v) is 14.5. The fourth-order valence-electron chi connectivity index (χ4n) is 2.53. The van der Waals surface area contributed by atoms with Gasteiger partial charge in [0, 0.05) is 37.1 Å². The highest BCUT2D eigenvalue weighted by atomic mass is 19.3. The van der Waals surface area contributed by atoms with E-state index in [9.17, 15) is 13.6 Å². The topological polar surface area (TPSA) is 76.9 Å². The molecule has 0 bridgehead atoms. The highest BCUT2D eigenvalue weighted by Gasteiger charge is 2.12. The van der Waals surface area contributed by atoms with Gasteiger partial charge >= 0.3 is 12.6 Å². The van der Waals surface area contributed by atoms with Gasteiger partial charge in [-0.2, -0.15) is 8.78 Å². The molecule has 0 unspecified atom stereocenters. The zero-order valence-electron chi connectivity index (χ0n) is 14.5. The Morgan fingerprint density at radius 1 is 1.26 bits per heavy atom. The van der Waals surface area contributed by atoms with Crippen molar-refractivity contribution in [3.8, 4) is 11.5 Å². The number of nitrogens with zero attached hydrogens (tertiary/aromatic N) is 2. The van der Waals surface area contributed by atoms with Gasteiger partial charge in [0.1, 0.15) is 5.65 Å². The number of carbonyl (C=O) groups is 1. The van der Waals surface area contributed by atoms with Crippen LogP contribution < -0.4 is 20.1 Å². The molecule has 0 aliphatic heterocycles. The number of imidazole rings is 1. The number of benzene rings is 1. The quantitative estimate of drug-likeness (QED) is 0.663. The highest BCUT2D eigenvalue weighted by Crippen LogP contribution is 2.31. The predicted molar refractivity (Wildman–Crippen MR) is 95.5 cm³/mol. The van der Waals surface area contributed by atoms with Crippen molar-refractivity contribution in [1.29, 1.82) is 0 Å². The number of anilines is 1.